The Morgan fingerprint density at radius 2 is 2.27 bits per heavy atom. The number of pyridine rings is 1. The van der Waals surface area contributed by atoms with Crippen LogP contribution in [0.25, 0.3) is 11.4 Å². The van der Waals surface area contributed by atoms with Gasteiger partial charge in [0.1, 0.15) is 6.61 Å². The van der Waals surface area contributed by atoms with Crippen molar-refractivity contribution in [1.29, 1.82) is 0 Å². The highest BCUT2D eigenvalue weighted by Gasteiger charge is 2.28. The van der Waals surface area contributed by atoms with E-state index in [1.807, 2.05) is 12.1 Å². The zero-order chi connectivity index (χ0) is 15.4. The Labute approximate surface area is 128 Å². The Kier molecular flexibility index (Phi) is 4.43. The number of carbonyl (C=O) groups excluding carboxylic acids is 1. The van der Waals surface area contributed by atoms with Crippen molar-refractivity contribution < 1.29 is 14.1 Å². The van der Waals surface area contributed by atoms with Crippen LogP contribution < -0.4 is 0 Å². The third-order valence-corrected chi connectivity index (χ3v) is 3.77. The lowest BCUT2D eigenvalue weighted by molar-refractivity contribution is -0.136. The lowest BCUT2D eigenvalue weighted by Gasteiger charge is -2.30. The number of methoxy groups -OCH3 is 1. The van der Waals surface area contributed by atoms with Gasteiger partial charge in [-0.1, -0.05) is 5.16 Å². The Bertz CT molecular complexity index is 629. The summed E-state index contributed by atoms with van der Waals surface area (Å²) in [5.74, 6) is 1.22. The molecule has 7 heteroatoms. The quantitative estimate of drug-likeness (QED) is 0.851. The standard InChI is InChI=1S/C15H18N4O3/c1-21-10-13(20)19-8-2-3-12(9-19)15-17-14(18-22-15)11-4-6-16-7-5-11/h4-7,12H,2-3,8-10H2,1H3. The van der Waals surface area contributed by atoms with E-state index >= 15 is 0 Å². The van der Waals surface area contributed by atoms with Crippen molar-refractivity contribution in [2.45, 2.75) is 18.8 Å². The Hall–Kier alpha value is -2.28. The van der Waals surface area contributed by atoms with Crippen LogP contribution in [0.15, 0.2) is 29.0 Å². The number of rotatable bonds is 4. The van der Waals surface area contributed by atoms with Crippen LogP contribution in [0.3, 0.4) is 0 Å². The minimum atomic E-state index is 0.000993. The maximum Gasteiger partial charge on any atom is 0.248 e. The second-order valence-electron chi connectivity index (χ2n) is 5.30. The summed E-state index contributed by atoms with van der Waals surface area (Å²) in [5, 5.41) is 4.03. The molecule has 1 aliphatic rings. The molecule has 1 saturated heterocycles. The van der Waals surface area contributed by atoms with Crippen LogP contribution in [0.5, 0.6) is 0 Å². The summed E-state index contributed by atoms with van der Waals surface area (Å²) in [7, 11) is 1.53. The summed E-state index contributed by atoms with van der Waals surface area (Å²) in [6, 6.07) is 3.67. The number of carbonyl (C=O) groups is 1. The van der Waals surface area contributed by atoms with Gasteiger partial charge >= 0.3 is 0 Å². The van der Waals surface area contributed by atoms with E-state index in [0.717, 1.165) is 24.9 Å². The topological polar surface area (TPSA) is 81.4 Å². The van der Waals surface area contributed by atoms with Gasteiger partial charge in [-0.3, -0.25) is 9.78 Å². The maximum atomic E-state index is 11.9. The van der Waals surface area contributed by atoms with E-state index < -0.39 is 0 Å². The highest BCUT2D eigenvalue weighted by Crippen LogP contribution is 2.27. The molecular weight excluding hydrogens is 284 g/mol. The lowest BCUT2D eigenvalue weighted by Crippen LogP contribution is -2.40. The van der Waals surface area contributed by atoms with Crippen LogP contribution in [0.4, 0.5) is 0 Å². The molecule has 0 bridgehead atoms. The molecule has 1 fully saturated rings. The van der Waals surface area contributed by atoms with Gasteiger partial charge in [-0.2, -0.15) is 4.98 Å². The van der Waals surface area contributed by atoms with E-state index in [1.54, 1.807) is 17.3 Å². The SMILES string of the molecule is COCC(=O)N1CCCC(c2nc(-c3ccncc3)no2)C1. The zero-order valence-electron chi connectivity index (χ0n) is 12.4. The van der Waals surface area contributed by atoms with E-state index in [1.165, 1.54) is 7.11 Å². The highest BCUT2D eigenvalue weighted by molar-refractivity contribution is 5.77. The normalized spacial score (nSPS) is 18.4. The van der Waals surface area contributed by atoms with Gasteiger partial charge in [-0.05, 0) is 25.0 Å². The first-order valence-electron chi connectivity index (χ1n) is 7.28. The van der Waals surface area contributed by atoms with Crippen molar-refractivity contribution in [3.63, 3.8) is 0 Å². The first kappa shape index (κ1) is 14.6. The first-order chi connectivity index (χ1) is 10.8. The number of hydrogen-bond acceptors (Lipinski definition) is 6. The van der Waals surface area contributed by atoms with Crippen molar-refractivity contribution >= 4 is 5.91 Å². The van der Waals surface area contributed by atoms with Gasteiger partial charge in [0.25, 0.3) is 0 Å². The van der Waals surface area contributed by atoms with E-state index in [0.29, 0.717) is 18.3 Å². The predicted octanol–water partition coefficient (Wildman–Crippen LogP) is 1.48. The van der Waals surface area contributed by atoms with Crippen molar-refractivity contribution in [3.05, 3.63) is 30.4 Å². The largest absolute Gasteiger partial charge is 0.375 e. The van der Waals surface area contributed by atoms with Crippen LogP contribution >= 0.6 is 0 Å². The van der Waals surface area contributed by atoms with Crippen LogP contribution in [0.1, 0.15) is 24.7 Å². The van der Waals surface area contributed by atoms with Gasteiger partial charge in [-0.15, -0.1) is 0 Å². The summed E-state index contributed by atoms with van der Waals surface area (Å²) in [4.78, 5) is 22.2. The molecule has 1 aliphatic heterocycles. The fourth-order valence-electron chi connectivity index (χ4n) is 2.64. The zero-order valence-corrected chi connectivity index (χ0v) is 12.4. The number of aromatic nitrogens is 3. The van der Waals surface area contributed by atoms with Gasteiger partial charge in [-0.25, -0.2) is 0 Å². The molecule has 2 aromatic heterocycles. The molecule has 2 aromatic rings. The Morgan fingerprint density at radius 1 is 1.45 bits per heavy atom. The lowest BCUT2D eigenvalue weighted by atomic mass is 9.98. The van der Waals surface area contributed by atoms with Crippen molar-refractivity contribution in [3.8, 4) is 11.4 Å². The molecule has 0 spiro atoms. The molecule has 3 rings (SSSR count). The average Bonchev–Trinajstić information content (AvgIpc) is 3.06. The molecule has 0 saturated carbocycles. The molecular formula is C15H18N4O3. The van der Waals surface area contributed by atoms with E-state index in [9.17, 15) is 4.79 Å². The van der Waals surface area contributed by atoms with Crippen LogP contribution in [-0.4, -0.2) is 52.7 Å². The average molecular weight is 302 g/mol. The Balaban J connectivity index is 1.72. The number of likely N-dealkylation sites (tertiary alicyclic amines) is 1. The minimum absolute atomic E-state index is 0.000993. The molecule has 0 radical (unpaired) electrons. The summed E-state index contributed by atoms with van der Waals surface area (Å²) >= 11 is 0. The molecule has 1 atom stereocenters. The number of nitrogens with zero attached hydrogens (tertiary/aromatic N) is 4. The van der Waals surface area contributed by atoms with Gasteiger partial charge in [0.15, 0.2) is 0 Å². The van der Waals surface area contributed by atoms with Gasteiger partial charge < -0.3 is 14.2 Å². The van der Waals surface area contributed by atoms with Crippen molar-refractivity contribution in [2.75, 3.05) is 26.8 Å². The second-order valence-corrected chi connectivity index (χ2v) is 5.30. The van der Waals surface area contributed by atoms with Gasteiger partial charge in [0, 0.05) is 38.2 Å². The number of amides is 1. The summed E-state index contributed by atoms with van der Waals surface area (Å²) in [5.41, 5.74) is 0.869. The predicted molar refractivity (Wildman–Crippen MR) is 78.0 cm³/mol. The Morgan fingerprint density at radius 3 is 3.05 bits per heavy atom. The summed E-state index contributed by atoms with van der Waals surface area (Å²) in [6.07, 6.45) is 5.25. The summed E-state index contributed by atoms with van der Waals surface area (Å²) < 4.78 is 10.3. The third kappa shape index (κ3) is 3.14. The molecule has 0 N–H and O–H groups in total. The fourth-order valence-corrected chi connectivity index (χ4v) is 2.64. The molecule has 0 aliphatic carbocycles. The monoisotopic (exact) mass is 302 g/mol. The van der Waals surface area contributed by atoms with E-state index in [2.05, 4.69) is 15.1 Å². The van der Waals surface area contributed by atoms with Gasteiger partial charge in [0.05, 0.1) is 5.92 Å². The maximum absolute atomic E-state index is 11.9. The smallest absolute Gasteiger partial charge is 0.248 e. The molecule has 7 nitrogen and oxygen atoms in total. The highest BCUT2D eigenvalue weighted by atomic mass is 16.5. The molecule has 1 unspecified atom stereocenters. The number of hydrogen-bond donors (Lipinski definition) is 0. The van der Waals surface area contributed by atoms with E-state index in [4.69, 9.17) is 9.26 Å². The van der Waals surface area contributed by atoms with Crippen LogP contribution in [-0.2, 0) is 9.53 Å². The molecule has 0 aromatic carbocycles. The summed E-state index contributed by atoms with van der Waals surface area (Å²) in [6.45, 7) is 1.46. The van der Waals surface area contributed by atoms with Crippen molar-refractivity contribution in [1.82, 2.24) is 20.0 Å². The van der Waals surface area contributed by atoms with Gasteiger partial charge in [0.2, 0.25) is 17.6 Å². The third-order valence-electron chi connectivity index (χ3n) is 3.77. The molecule has 1 amide bonds. The molecule has 22 heavy (non-hydrogen) atoms. The number of ether oxygens (including phenoxy) is 1. The van der Waals surface area contributed by atoms with Crippen LogP contribution in [0.2, 0.25) is 0 Å². The molecule has 3 heterocycles. The minimum Gasteiger partial charge on any atom is -0.375 e. The molecule has 116 valence electrons. The van der Waals surface area contributed by atoms with E-state index in [-0.39, 0.29) is 18.4 Å². The van der Waals surface area contributed by atoms with Crippen LogP contribution in [0, 0.1) is 0 Å². The van der Waals surface area contributed by atoms with Crippen molar-refractivity contribution in [2.24, 2.45) is 0 Å². The second kappa shape index (κ2) is 6.65. The number of piperidine rings is 1. The fraction of sp³-hybridized carbons (Fsp3) is 0.467. The first-order valence-corrected chi connectivity index (χ1v) is 7.28.